The van der Waals surface area contributed by atoms with Gasteiger partial charge in [0.1, 0.15) is 5.75 Å². The van der Waals surface area contributed by atoms with E-state index in [1.807, 2.05) is 18.2 Å². The zero-order valence-corrected chi connectivity index (χ0v) is 15.8. The molecule has 1 aromatic heterocycles. The molecule has 0 fully saturated rings. The number of rotatable bonds is 6. The van der Waals surface area contributed by atoms with Gasteiger partial charge in [0.25, 0.3) is 0 Å². The predicted molar refractivity (Wildman–Crippen MR) is 88.9 cm³/mol. The lowest BCUT2D eigenvalue weighted by atomic mass is 10.1. The minimum absolute atomic E-state index is 0. The van der Waals surface area contributed by atoms with Crippen molar-refractivity contribution in [2.45, 2.75) is 6.54 Å². The number of hydrogen-bond donors (Lipinski definition) is 1. The van der Waals surface area contributed by atoms with E-state index in [0.717, 1.165) is 11.0 Å². The Hall–Kier alpha value is -2.54. The zero-order chi connectivity index (χ0) is 17.1. The Balaban J connectivity index is 0.00000225. The summed E-state index contributed by atoms with van der Waals surface area (Å²) in [6.07, 6.45) is 0. The van der Waals surface area contributed by atoms with Gasteiger partial charge in [-0.15, -0.1) is 0 Å². The molecule has 0 aliphatic carbocycles. The highest BCUT2D eigenvalue weighted by Crippen LogP contribution is 2.24. The van der Waals surface area contributed by atoms with Crippen molar-refractivity contribution in [1.82, 2.24) is 4.98 Å². The van der Waals surface area contributed by atoms with E-state index < -0.39 is 0 Å². The van der Waals surface area contributed by atoms with Crippen molar-refractivity contribution >= 4 is 16.8 Å². The first-order chi connectivity index (χ1) is 11.7. The van der Waals surface area contributed by atoms with E-state index in [1.165, 1.54) is 0 Å². The van der Waals surface area contributed by atoms with Gasteiger partial charge in [0.15, 0.2) is 17.8 Å². The Labute approximate surface area is 156 Å². The van der Waals surface area contributed by atoms with Crippen LogP contribution in [0, 0.1) is 0 Å². The van der Waals surface area contributed by atoms with Crippen LogP contribution in [-0.4, -0.2) is 32.1 Å². The van der Waals surface area contributed by atoms with Gasteiger partial charge in [-0.25, -0.2) is 0 Å². The number of aromatic amines is 1. The van der Waals surface area contributed by atoms with Gasteiger partial charge in [0.2, 0.25) is 11.3 Å². The second kappa shape index (κ2) is 8.02. The maximum absolute atomic E-state index is 12.7. The molecule has 7 heteroatoms. The summed E-state index contributed by atoms with van der Waals surface area (Å²) in [6.45, 7) is 0.142. The number of hydrogen-bond acceptors (Lipinski definition) is 4. The fourth-order valence-corrected chi connectivity index (χ4v) is 2.67. The average molecular weight is 407 g/mol. The third-order valence-corrected chi connectivity index (χ3v) is 3.88. The minimum Gasteiger partial charge on any atom is -1.00 e. The first-order valence-electron chi connectivity index (χ1n) is 7.47. The van der Waals surface area contributed by atoms with Crippen LogP contribution in [-0.2, 0) is 6.54 Å². The molecule has 0 bridgehead atoms. The summed E-state index contributed by atoms with van der Waals surface area (Å²) >= 11 is 0. The van der Waals surface area contributed by atoms with Crippen LogP contribution in [0.3, 0.4) is 0 Å². The highest BCUT2D eigenvalue weighted by molar-refractivity contribution is 5.95. The Bertz CT molecular complexity index is 892. The SMILES string of the molecule is COc1cccc(C(=O)C[n+]2c(OC)[nH]c3c(OC)cccc32)c1.[Br-]. The van der Waals surface area contributed by atoms with Crippen LogP contribution >= 0.6 is 0 Å². The molecule has 6 nitrogen and oxygen atoms in total. The number of benzene rings is 2. The Morgan fingerprint density at radius 2 is 1.80 bits per heavy atom. The lowest BCUT2D eigenvalue weighted by Crippen LogP contribution is -3.00. The Morgan fingerprint density at radius 1 is 1.04 bits per heavy atom. The molecule has 0 saturated heterocycles. The maximum atomic E-state index is 12.7. The number of carbonyl (C=O) groups is 1. The third-order valence-electron chi connectivity index (χ3n) is 3.88. The van der Waals surface area contributed by atoms with E-state index in [-0.39, 0.29) is 29.3 Å². The molecule has 0 radical (unpaired) electrons. The molecule has 2 aromatic carbocycles. The molecule has 132 valence electrons. The number of nitrogens with one attached hydrogen (secondary N) is 1. The zero-order valence-electron chi connectivity index (χ0n) is 14.2. The van der Waals surface area contributed by atoms with Crippen LogP contribution < -0.4 is 35.8 Å². The van der Waals surface area contributed by atoms with Gasteiger partial charge in [-0.05, 0) is 24.3 Å². The van der Waals surface area contributed by atoms with Gasteiger partial charge >= 0.3 is 6.01 Å². The van der Waals surface area contributed by atoms with E-state index in [0.29, 0.717) is 23.1 Å². The number of Topliss-reactive ketones (excluding diaryl/α,β-unsaturated/α-hetero) is 1. The molecule has 1 N–H and O–H groups in total. The normalized spacial score (nSPS) is 10.2. The number of H-pyrrole nitrogens is 1. The highest BCUT2D eigenvalue weighted by atomic mass is 79.9. The molecule has 3 aromatic rings. The summed E-state index contributed by atoms with van der Waals surface area (Å²) in [5, 5.41) is 0. The number of aromatic nitrogens is 2. The number of carbonyl (C=O) groups excluding carboxylic acids is 1. The van der Waals surface area contributed by atoms with E-state index in [4.69, 9.17) is 14.2 Å². The smallest absolute Gasteiger partial charge is 0.455 e. The number of halogens is 1. The minimum atomic E-state index is -0.0408. The van der Waals surface area contributed by atoms with Crippen LogP contribution in [0.1, 0.15) is 10.4 Å². The first-order valence-corrected chi connectivity index (χ1v) is 7.47. The van der Waals surface area contributed by atoms with E-state index in [9.17, 15) is 4.79 Å². The first kappa shape index (κ1) is 18.8. The average Bonchev–Trinajstić information content (AvgIpc) is 2.99. The number of ketones is 1. The summed E-state index contributed by atoms with van der Waals surface area (Å²) in [5.41, 5.74) is 2.21. The summed E-state index contributed by atoms with van der Waals surface area (Å²) in [7, 11) is 4.74. The molecule has 25 heavy (non-hydrogen) atoms. The van der Waals surface area contributed by atoms with E-state index in [2.05, 4.69) is 4.98 Å². The topological polar surface area (TPSA) is 64.4 Å². The van der Waals surface area contributed by atoms with Crippen molar-refractivity contribution < 1.29 is 40.6 Å². The van der Waals surface area contributed by atoms with Crippen molar-refractivity contribution in [2.24, 2.45) is 0 Å². The molecule has 0 aliphatic rings. The van der Waals surface area contributed by atoms with E-state index in [1.54, 1.807) is 50.2 Å². The fraction of sp³-hybridized carbons (Fsp3) is 0.222. The standard InChI is InChI=1S/C18H18N2O4.BrH/c1-22-13-7-4-6-12(10-13)15(21)11-20-14-8-5-9-16(23-2)17(14)19-18(20)24-3;/h4-10H,11H2,1-3H3;1H. The van der Waals surface area contributed by atoms with Crippen molar-refractivity contribution in [2.75, 3.05) is 21.3 Å². The number of para-hydroxylation sites is 1. The van der Waals surface area contributed by atoms with Crippen molar-refractivity contribution in [3.05, 3.63) is 48.0 Å². The molecule has 0 unspecified atom stereocenters. The second-order valence-electron chi connectivity index (χ2n) is 5.23. The van der Waals surface area contributed by atoms with Crippen LogP contribution in [0.25, 0.3) is 11.0 Å². The Morgan fingerprint density at radius 3 is 2.48 bits per heavy atom. The lowest BCUT2D eigenvalue weighted by Gasteiger charge is -2.04. The number of methoxy groups -OCH3 is 3. The molecule has 0 saturated carbocycles. The van der Waals surface area contributed by atoms with Crippen LogP contribution in [0.4, 0.5) is 0 Å². The van der Waals surface area contributed by atoms with Crippen molar-refractivity contribution in [3.63, 3.8) is 0 Å². The number of fused-ring (bicyclic) bond motifs is 1. The largest absolute Gasteiger partial charge is 1.00 e. The summed E-state index contributed by atoms with van der Waals surface area (Å²) < 4.78 is 17.7. The van der Waals surface area contributed by atoms with Gasteiger partial charge in [0, 0.05) is 5.56 Å². The molecule has 0 aliphatic heterocycles. The summed E-state index contributed by atoms with van der Waals surface area (Å²) in [4.78, 5) is 15.8. The molecule has 3 rings (SSSR count). The van der Waals surface area contributed by atoms with E-state index >= 15 is 0 Å². The quantitative estimate of drug-likeness (QED) is 0.437. The van der Waals surface area contributed by atoms with Gasteiger partial charge < -0.3 is 31.2 Å². The van der Waals surface area contributed by atoms with Crippen molar-refractivity contribution in [3.8, 4) is 17.5 Å². The molecule has 0 amide bonds. The number of imidazole rings is 1. The summed E-state index contributed by atoms with van der Waals surface area (Å²) in [6, 6.07) is 13.2. The number of ether oxygens (including phenoxy) is 3. The molecular formula is C18H19BrN2O4. The van der Waals surface area contributed by atoms with Crippen molar-refractivity contribution in [1.29, 1.82) is 0 Å². The second-order valence-corrected chi connectivity index (χ2v) is 5.23. The highest BCUT2D eigenvalue weighted by Gasteiger charge is 2.24. The van der Waals surface area contributed by atoms with Gasteiger partial charge in [-0.2, -0.15) is 9.55 Å². The lowest BCUT2D eigenvalue weighted by molar-refractivity contribution is -0.662. The van der Waals surface area contributed by atoms with Crippen LogP contribution in [0.2, 0.25) is 0 Å². The van der Waals surface area contributed by atoms with Crippen LogP contribution in [0.15, 0.2) is 42.5 Å². The third kappa shape index (κ3) is 3.61. The van der Waals surface area contributed by atoms with Gasteiger partial charge in [0.05, 0.1) is 21.3 Å². The van der Waals surface area contributed by atoms with Gasteiger partial charge in [-0.1, -0.05) is 18.2 Å². The number of nitrogens with zero attached hydrogens (tertiary/aromatic N) is 1. The van der Waals surface area contributed by atoms with Crippen LogP contribution in [0.5, 0.6) is 17.5 Å². The molecular weight excluding hydrogens is 388 g/mol. The monoisotopic (exact) mass is 406 g/mol. The molecule has 0 spiro atoms. The fourth-order valence-electron chi connectivity index (χ4n) is 2.67. The Kier molecular flexibility index (Phi) is 6.03. The summed E-state index contributed by atoms with van der Waals surface area (Å²) in [5.74, 6) is 1.30. The van der Waals surface area contributed by atoms with Gasteiger partial charge in [-0.3, -0.25) is 4.79 Å². The molecule has 1 heterocycles. The predicted octanol–water partition coefficient (Wildman–Crippen LogP) is -0.632. The molecule has 0 atom stereocenters. The maximum Gasteiger partial charge on any atom is 0.455 e.